The van der Waals surface area contributed by atoms with Crippen LogP contribution in [0.3, 0.4) is 0 Å². The molecule has 6 aromatic rings. The molecular weight excluding hydrogens is 590 g/mol. The van der Waals surface area contributed by atoms with Gasteiger partial charge in [0.05, 0.1) is 22.3 Å². The molecule has 2 aromatic carbocycles. The number of fused-ring (bicyclic) bond motifs is 6. The SMILES string of the molecule is C[n+]1cc(F)ccc1-c1c(F)cc(F)cc1C1(C2[n+]3ccccc3-c3cccc[n+]32)c2cc(F)cc(F)c2-c2ccc(F)c[n+]21. The van der Waals surface area contributed by atoms with Crippen LogP contribution in [0.4, 0.5) is 26.3 Å². The number of aryl methyl sites for hydroxylation is 1. The van der Waals surface area contributed by atoms with Gasteiger partial charge in [-0.3, -0.25) is 0 Å². The summed E-state index contributed by atoms with van der Waals surface area (Å²) < 4.78 is 99.6. The Morgan fingerprint density at radius 3 is 1.60 bits per heavy atom. The van der Waals surface area contributed by atoms with Crippen LogP contribution in [0.15, 0.2) is 110 Å². The van der Waals surface area contributed by atoms with Crippen molar-refractivity contribution in [1.29, 1.82) is 0 Å². The summed E-state index contributed by atoms with van der Waals surface area (Å²) in [7, 11) is 1.50. The first-order chi connectivity index (χ1) is 21.7. The molecule has 2 aliphatic rings. The van der Waals surface area contributed by atoms with E-state index >= 15 is 22.0 Å². The Morgan fingerprint density at radius 2 is 1.04 bits per heavy atom. The molecule has 6 heterocycles. The zero-order valence-electron chi connectivity index (χ0n) is 23.5. The van der Waals surface area contributed by atoms with Crippen molar-refractivity contribution >= 4 is 0 Å². The fraction of sp³-hybridized carbons (Fsp3) is 0.0857. The summed E-state index contributed by atoms with van der Waals surface area (Å²) in [6.07, 6.45) is 4.78. The van der Waals surface area contributed by atoms with E-state index in [-0.39, 0.29) is 33.6 Å². The maximum absolute atomic E-state index is 16.4. The number of hydrogen-bond acceptors (Lipinski definition) is 0. The number of pyridine rings is 4. The van der Waals surface area contributed by atoms with E-state index in [9.17, 15) is 4.39 Å². The molecule has 0 saturated heterocycles. The van der Waals surface area contributed by atoms with Crippen LogP contribution in [0.2, 0.25) is 0 Å². The molecule has 2 aliphatic heterocycles. The third-order valence-corrected chi connectivity index (χ3v) is 8.78. The largest absolute Gasteiger partial charge is 0.428 e. The van der Waals surface area contributed by atoms with Gasteiger partial charge in [0.15, 0.2) is 24.0 Å². The number of nitrogens with zero attached hydrogens (tertiary/aromatic N) is 4. The van der Waals surface area contributed by atoms with Gasteiger partial charge in [-0.2, -0.15) is 9.13 Å². The minimum absolute atomic E-state index is 0.0260. The van der Waals surface area contributed by atoms with Crippen molar-refractivity contribution in [2.24, 2.45) is 7.05 Å². The molecule has 4 aromatic heterocycles. The van der Waals surface area contributed by atoms with Gasteiger partial charge in [-0.25, -0.2) is 26.3 Å². The Kier molecular flexibility index (Phi) is 5.78. The Hall–Kier alpha value is -5.38. The van der Waals surface area contributed by atoms with Crippen LogP contribution in [-0.2, 0) is 12.6 Å². The van der Waals surface area contributed by atoms with Crippen LogP contribution in [0, 0.1) is 34.9 Å². The lowest BCUT2D eigenvalue weighted by Gasteiger charge is -2.27. The maximum Gasteiger partial charge on any atom is 0.428 e. The maximum atomic E-state index is 16.4. The molecule has 1 atom stereocenters. The smallest absolute Gasteiger partial charge is 0.207 e. The van der Waals surface area contributed by atoms with E-state index in [1.165, 1.54) is 28.3 Å². The Morgan fingerprint density at radius 1 is 0.533 bits per heavy atom. The second-order valence-electron chi connectivity index (χ2n) is 11.2. The number of benzene rings is 2. The van der Waals surface area contributed by atoms with Gasteiger partial charge in [-0.1, -0.05) is 0 Å². The third-order valence-electron chi connectivity index (χ3n) is 8.78. The van der Waals surface area contributed by atoms with Crippen molar-refractivity contribution in [2.45, 2.75) is 11.7 Å². The molecule has 0 N–H and O–H groups in total. The predicted octanol–water partition coefficient (Wildman–Crippen LogP) is 5.38. The Bertz CT molecular complexity index is 2190. The topological polar surface area (TPSA) is 15.5 Å². The second-order valence-corrected chi connectivity index (χ2v) is 11.2. The van der Waals surface area contributed by atoms with E-state index < -0.39 is 46.6 Å². The molecule has 1 unspecified atom stereocenters. The normalized spacial score (nSPS) is 16.3. The summed E-state index contributed by atoms with van der Waals surface area (Å²) in [6, 6.07) is 19.6. The molecular formula is C35H22F6N4+4. The lowest BCUT2D eigenvalue weighted by atomic mass is 9.76. The molecule has 0 bridgehead atoms. The summed E-state index contributed by atoms with van der Waals surface area (Å²) in [5.41, 5.74) is -0.395. The summed E-state index contributed by atoms with van der Waals surface area (Å²) in [4.78, 5) is 0. The van der Waals surface area contributed by atoms with Gasteiger partial charge in [0.2, 0.25) is 23.8 Å². The molecule has 0 aliphatic carbocycles. The number of halogens is 6. The van der Waals surface area contributed by atoms with Crippen molar-refractivity contribution in [1.82, 2.24) is 0 Å². The van der Waals surface area contributed by atoms with Gasteiger partial charge in [0.1, 0.15) is 30.3 Å². The van der Waals surface area contributed by atoms with Crippen LogP contribution < -0.4 is 18.3 Å². The monoisotopic (exact) mass is 612 g/mol. The van der Waals surface area contributed by atoms with Gasteiger partial charge >= 0.3 is 11.7 Å². The summed E-state index contributed by atoms with van der Waals surface area (Å²) in [5, 5.41) is 0. The third kappa shape index (κ3) is 3.68. The van der Waals surface area contributed by atoms with E-state index in [0.29, 0.717) is 17.5 Å². The van der Waals surface area contributed by atoms with Crippen LogP contribution in [-0.4, -0.2) is 0 Å². The van der Waals surface area contributed by atoms with E-state index in [2.05, 4.69) is 0 Å². The zero-order chi connectivity index (χ0) is 31.2. The predicted molar refractivity (Wildman–Crippen MR) is 148 cm³/mol. The highest BCUT2D eigenvalue weighted by Crippen LogP contribution is 2.51. The molecule has 8 rings (SSSR count). The highest BCUT2D eigenvalue weighted by Gasteiger charge is 2.72. The lowest BCUT2D eigenvalue weighted by Crippen LogP contribution is -2.72. The number of hydrogen-bond donors (Lipinski definition) is 0. The highest BCUT2D eigenvalue weighted by molar-refractivity contribution is 5.73. The van der Waals surface area contributed by atoms with E-state index in [4.69, 9.17) is 0 Å². The minimum atomic E-state index is -1.91. The van der Waals surface area contributed by atoms with Gasteiger partial charge in [-0.05, 0) is 36.4 Å². The van der Waals surface area contributed by atoms with Crippen LogP contribution >= 0.6 is 0 Å². The summed E-state index contributed by atoms with van der Waals surface area (Å²) >= 11 is 0. The van der Waals surface area contributed by atoms with Crippen LogP contribution in [0.5, 0.6) is 0 Å². The minimum Gasteiger partial charge on any atom is -0.207 e. The fourth-order valence-electron chi connectivity index (χ4n) is 7.19. The molecule has 10 heteroatoms. The van der Waals surface area contributed by atoms with Gasteiger partial charge < -0.3 is 0 Å². The van der Waals surface area contributed by atoms with E-state index in [0.717, 1.165) is 42.7 Å². The van der Waals surface area contributed by atoms with Crippen molar-refractivity contribution in [3.63, 3.8) is 0 Å². The number of aromatic nitrogens is 4. The molecule has 0 saturated carbocycles. The molecule has 0 fully saturated rings. The van der Waals surface area contributed by atoms with Gasteiger partial charge in [0.25, 0.3) is 11.4 Å². The van der Waals surface area contributed by atoms with Crippen molar-refractivity contribution < 1.29 is 44.6 Å². The van der Waals surface area contributed by atoms with Gasteiger partial charge in [-0.15, -0.1) is 9.13 Å². The molecule has 220 valence electrons. The Labute approximate surface area is 253 Å². The number of rotatable bonds is 3. The quantitative estimate of drug-likeness (QED) is 0.189. The summed E-state index contributed by atoms with van der Waals surface area (Å²) in [6.45, 7) is 0. The lowest BCUT2D eigenvalue weighted by molar-refractivity contribution is -0.965. The first kappa shape index (κ1) is 27.2. The van der Waals surface area contributed by atoms with Gasteiger partial charge in [0, 0.05) is 48.5 Å². The van der Waals surface area contributed by atoms with E-state index in [1.807, 2.05) is 33.4 Å². The van der Waals surface area contributed by atoms with Crippen molar-refractivity contribution in [2.75, 3.05) is 0 Å². The first-order valence-electron chi connectivity index (χ1n) is 14.1. The fourth-order valence-corrected chi connectivity index (χ4v) is 7.19. The standard InChI is InChI=1S/C35H22F6N4/c1-42-18-20(36)8-10-30(42)32-24(14-22(38)16-26(32)40)35(34-43-12-4-2-6-28(43)29-7-3-5-13-44(29)34)25-15-23(39)17-27(41)33(25)31-11-9-21(37)19-45(31)35/h2-19,34H,1H3/q+4. The first-order valence-corrected chi connectivity index (χ1v) is 14.1. The molecule has 4 nitrogen and oxygen atoms in total. The van der Waals surface area contributed by atoms with E-state index in [1.54, 1.807) is 24.5 Å². The van der Waals surface area contributed by atoms with Crippen molar-refractivity contribution in [3.8, 4) is 33.9 Å². The average Bonchev–Trinajstić information content (AvgIpc) is 3.48. The van der Waals surface area contributed by atoms with Crippen molar-refractivity contribution in [3.05, 3.63) is 156 Å². The zero-order valence-corrected chi connectivity index (χ0v) is 23.5. The average molecular weight is 613 g/mol. The highest BCUT2D eigenvalue weighted by atomic mass is 19.2. The molecule has 0 spiro atoms. The molecule has 0 radical (unpaired) electrons. The second kappa shape index (κ2) is 9.56. The Balaban J connectivity index is 1.64. The summed E-state index contributed by atoms with van der Waals surface area (Å²) in [5.74, 6) is -5.12. The van der Waals surface area contributed by atoms with Crippen LogP contribution in [0.1, 0.15) is 17.3 Å². The molecule has 0 amide bonds. The van der Waals surface area contributed by atoms with Crippen LogP contribution in [0.25, 0.3) is 33.9 Å². The molecule has 45 heavy (non-hydrogen) atoms.